The molecule has 15 heavy (non-hydrogen) atoms. The number of hydrogen-bond acceptors (Lipinski definition) is 3. The van der Waals surface area contributed by atoms with Crippen LogP contribution in [0.4, 0.5) is 5.88 Å². The summed E-state index contributed by atoms with van der Waals surface area (Å²) in [5.74, 6) is 1.44. The molecular weight excluding hydrogens is 190 g/mol. The van der Waals surface area contributed by atoms with Gasteiger partial charge in [0.2, 0.25) is 5.88 Å². The molecule has 0 unspecified atom stereocenters. The number of ether oxygens (including phenoxy) is 1. The molecule has 0 radical (unpaired) electrons. The zero-order valence-electron chi connectivity index (χ0n) is 8.38. The van der Waals surface area contributed by atoms with Gasteiger partial charge in [-0.2, -0.15) is 0 Å². The Morgan fingerprint density at radius 1 is 1.20 bits per heavy atom. The lowest BCUT2D eigenvalue weighted by atomic mass is 10.2. The van der Waals surface area contributed by atoms with Gasteiger partial charge in [0.15, 0.2) is 0 Å². The van der Waals surface area contributed by atoms with Crippen LogP contribution in [0.25, 0.3) is 0 Å². The highest BCUT2D eigenvalue weighted by Crippen LogP contribution is 2.13. The van der Waals surface area contributed by atoms with Crippen molar-refractivity contribution in [1.29, 1.82) is 0 Å². The number of aliphatic imine (C=N–C) groups is 1. The van der Waals surface area contributed by atoms with E-state index in [0.29, 0.717) is 5.88 Å². The monoisotopic (exact) mass is 201 g/mol. The van der Waals surface area contributed by atoms with Crippen LogP contribution in [0.3, 0.4) is 0 Å². The van der Waals surface area contributed by atoms with Crippen LogP contribution in [0.2, 0.25) is 0 Å². The largest absolute Gasteiger partial charge is 0.497 e. The van der Waals surface area contributed by atoms with Gasteiger partial charge in [-0.15, -0.1) is 0 Å². The maximum absolute atomic E-state index is 5.08. The van der Waals surface area contributed by atoms with Crippen LogP contribution < -0.4 is 4.74 Å². The van der Waals surface area contributed by atoms with Crippen molar-refractivity contribution < 1.29 is 9.15 Å². The van der Waals surface area contributed by atoms with Crippen molar-refractivity contribution in [2.24, 2.45) is 4.99 Å². The third kappa shape index (κ3) is 2.47. The summed E-state index contributed by atoms with van der Waals surface area (Å²) in [6.45, 7) is 0. The summed E-state index contributed by atoms with van der Waals surface area (Å²) in [5.41, 5.74) is 1.01. The van der Waals surface area contributed by atoms with Crippen LogP contribution in [0.1, 0.15) is 5.56 Å². The van der Waals surface area contributed by atoms with Gasteiger partial charge in [-0.3, -0.25) is 0 Å². The van der Waals surface area contributed by atoms with Crippen LogP contribution in [-0.2, 0) is 0 Å². The Kier molecular flexibility index (Phi) is 2.83. The molecule has 0 aliphatic heterocycles. The maximum atomic E-state index is 5.08. The van der Waals surface area contributed by atoms with Crippen molar-refractivity contribution in [3.8, 4) is 5.75 Å². The van der Waals surface area contributed by atoms with Crippen LogP contribution in [0, 0.1) is 0 Å². The molecular formula is C12H11NO2. The molecule has 0 atom stereocenters. The molecule has 0 fully saturated rings. The zero-order valence-corrected chi connectivity index (χ0v) is 8.38. The first kappa shape index (κ1) is 9.52. The van der Waals surface area contributed by atoms with Crippen LogP contribution in [-0.4, -0.2) is 13.3 Å². The number of methoxy groups -OCH3 is 1. The molecule has 0 N–H and O–H groups in total. The summed E-state index contributed by atoms with van der Waals surface area (Å²) in [6.07, 6.45) is 3.35. The zero-order chi connectivity index (χ0) is 10.5. The maximum Gasteiger partial charge on any atom is 0.218 e. The Morgan fingerprint density at radius 2 is 2.00 bits per heavy atom. The molecule has 0 aliphatic carbocycles. The Hall–Kier alpha value is -2.03. The van der Waals surface area contributed by atoms with Gasteiger partial charge in [0.05, 0.1) is 13.4 Å². The van der Waals surface area contributed by atoms with Gasteiger partial charge in [-0.05, 0) is 35.9 Å². The molecule has 2 aromatic rings. The third-order valence-corrected chi connectivity index (χ3v) is 1.96. The number of furan rings is 1. The fourth-order valence-corrected chi connectivity index (χ4v) is 1.17. The molecule has 0 aliphatic rings. The molecule has 0 amide bonds. The molecule has 2 rings (SSSR count). The highest BCUT2D eigenvalue weighted by atomic mass is 16.5. The Balaban J connectivity index is 2.11. The summed E-state index contributed by atoms with van der Waals surface area (Å²) >= 11 is 0. The van der Waals surface area contributed by atoms with E-state index in [9.17, 15) is 0 Å². The minimum absolute atomic E-state index is 0.603. The average molecular weight is 201 g/mol. The van der Waals surface area contributed by atoms with Gasteiger partial charge >= 0.3 is 0 Å². The van der Waals surface area contributed by atoms with E-state index in [2.05, 4.69) is 4.99 Å². The lowest BCUT2D eigenvalue weighted by Crippen LogP contribution is -1.83. The van der Waals surface area contributed by atoms with Crippen LogP contribution in [0.5, 0.6) is 5.75 Å². The molecule has 1 aromatic carbocycles. The predicted molar refractivity (Wildman–Crippen MR) is 59.0 cm³/mol. The average Bonchev–Trinajstić information content (AvgIpc) is 2.80. The van der Waals surface area contributed by atoms with Crippen LogP contribution in [0.15, 0.2) is 52.1 Å². The molecule has 3 nitrogen and oxygen atoms in total. The first-order chi connectivity index (χ1) is 7.38. The van der Waals surface area contributed by atoms with Crippen molar-refractivity contribution >= 4 is 12.1 Å². The van der Waals surface area contributed by atoms with Crippen LogP contribution >= 0.6 is 0 Å². The molecule has 0 saturated heterocycles. The minimum atomic E-state index is 0.603. The quantitative estimate of drug-likeness (QED) is 0.715. The molecule has 1 aromatic heterocycles. The molecule has 1 heterocycles. The molecule has 76 valence electrons. The van der Waals surface area contributed by atoms with E-state index in [1.165, 1.54) is 0 Å². The van der Waals surface area contributed by atoms with Gasteiger partial charge in [-0.1, -0.05) is 0 Å². The fraction of sp³-hybridized carbons (Fsp3) is 0.0833. The number of nitrogens with zero attached hydrogens (tertiary/aromatic N) is 1. The van der Waals surface area contributed by atoms with Gasteiger partial charge in [0, 0.05) is 12.3 Å². The van der Waals surface area contributed by atoms with E-state index in [-0.39, 0.29) is 0 Å². The van der Waals surface area contributed by atoms with Gasteiger partial charge < -0.3 is 9.15 Å². The number of benzene rings is 1. The fourth-order valence-electron chi connectivity index (χ4n) is 1.17. The van der Waals surface area contributed by atoms with Crippen molar-refractivity contribution in [2.45, 2.75) is 0 Å². The third-order valence-electron chi connectivity index (χ3n) is 1.96. The second kappa shape index (κ2) is 4.46. The lowest BCUT2D eigenvalue weighted by Gasteiger charge is -1.98. The molecule has 0 spiro atoms. The van der Waals surface area contributed by atoms with Gasteiger partial charge in [0.25, 0.3) is 0 Å². The van der Waals surface area contributed by atoms with Crippen molar-refractivity contribution in [3.05, 3.63) is 48.2 Å². The van der Waals surface area contributed by atoms with Crippen molar-refractivity contribution in [1.82, 2.24) is 0 Å². The Bertz CT molecular complexity index is 429. The van der Waals surface area contributed by atoms with E-state index in [0.717, 1.165) is 11.3 Å². The summed E-state index contributed by atoms with van der Waals surface area (Å²) < 4.78 is 10.1. The van der Waals surface area contributed by atoms with Gasteiger partial charge in [0.1, 0.15) is 5.75 Å². The van der Waals surface area contributed by atoms with E-state index in [4.69, 9.17) is 9.15 Å². The normalized spacial score (nSPS) is 10.7. The SMILES string of the molecule is COc1ccc(/C=N/c2ccco2)cc1. The summed E-state index contributed by atoms with van der Waals surface area (Å²) in [7, 11) is 1.64. The van der Waals surface area contributed by atoms with Crippen molar-refractivity contribution in [3.63, 3.8) is 0 Å². The highest BCUT2D eigenvalue weighted by Gasteiger charge is 1.92. The first-order valence-electron chi connectivity index (χ1n) is 4.60. The van der Waals surface area contributed by atoms with E-state index in [1.54, 1.807) is 31.7 Å². The molecule has 0 saturated carbocycles. The number of hydrogen-bond donors (Lipinski definition) is 0. The predicted octanol–water partition coefficient (Wildman–Crippen LogP) is 3.04. The van der Waals surface area contributed by atoms with E-state index >= 15 is 0 Å². The van der Waals surface area contributed by atoms with Gasteiger partial charge in [-0.25, -0.2) is 4.99 Å². The molecule has 0 bridgehead atoms. The Morgan fingerprint density at radius 3 is 2.60 bits per heavy atom. The highest BCUT2D eigenvalue weighted by molar-refractivity contribution is 5.81. The minimum Gasteiger partial charge on any atom is -0.497 e. The first-order valence-corrected chi connectivity index (χ1v) is 4.60. The lowest BCUT2D eigenvalue weighted by molar-refractivity contribution is 0.415. The standard InChI is InChI=1S/C12H11NO2/c1-14-11-6-4-10(5-7-11)9-13-12-3-2-8-15-12/h2-9H,1H3/b13-9+. The van der Waals surface area contributed by atoms with E-state index < -0.39 is 0 Å². The smallest absolute Gasteiger partial charge is 0.218 e. The number of rotatable bonds is 3. The summed E-state index contributed by atoms with van der Waals surface area (Å²) in [4.78, 5) is 4.16. The second-order valence-corrected chi connectivity index (χ2v) is 2.98. The van der Waals surface area contributed by atoms with E-state index in [1.807, 2.05) is 24.3 Å². The summed E-state index contributed by atoms with van der Waals surface area (Å²) in [5, 5.41) is 0. The Labute approximate surface area is 88.0 Å². The topological polar surface area (TPSA) is 34.7 Å². The molecule has 3 heteroatoms. The second-order valence-electron chi connectivity index (χ2n) is 2.98. The summed E-state index contributed by atoms with van der Waals surface area (Å²) in [6, 6.07) is 11.3. The van der Waals surface area contributed by atoms with Crippen molar-refractivity contribution in [2.75, 3.05) is 7.11 Å².